The third-order valence-corrected chi connectivity index (χ3v) is 2.46. The Hall–Kier alpha value is -1.36. The number of carbonyl (C=O) groups is 1. The first-order valence-corrected chi connectivity index (χ1v) is 5.14. The Balaban J connectivity index is 2.43. The van der Waals surface area contributed by atoms with Gasteiger partial charge in [-0.3, -0.25) is 4.79 Å². The molecule has 0 aliphatic rings. The largest absolute Gasteiger partial charge is 0.365 e. The van der Waals surface area contributed by atoms with E-state index in [-0.39, 0.29) is 5.91 Å². The summed E-state index contributed by atoms with van der Waals surface area (Å²) in [5.41, 5.74) is 0.793. The molecular weight excluding hydrogens is 198 g/mol. The molecule has 0 radical (unpaired) electrons. The topological polar surface area (TPSA) is 54.0 Å². The van der Waals surface area contributed by atoms with Gasteiger partial charge < -0.3 is 10.6 Å². The standard InChI is InChI=1S/C9H13N3OS/c1-3-4-11-8(13)5-7-6-14-9(10-2)12-7/h3,6H,1,4-5H2,2H3,(H,10,12)(H,11,13). The summed E-state index contributed by atoms with van der Waals surface area (Å²) in [6, 6.07) is 0. The zero-order chi connectivity index (χ0) is 10.4. The molecule has 0 aliphatic heterocycles. The highest BCUT2D eigenvalue weighted by Gasteiger charge is 2.05. The van der Waals surface area contributed by atoms with Gasteiger partial charge in [-0.1, -0.05) is 6.08 Å². The van der Waals surface area contributed by atoms with E-state index in [1.54, 1.807) is 13.1 Å². The highest BCUT2D eigenvalue weighted by Crippen LogP contribution is 2.14. The smallest absolute Gasteiger partial charge is 0.226 e. The van der Waals surface area contributed by atoms with E-state index in [1.165, 1.54) is 11.3 Å². The maximum absolute atomic E-state index is 11.3. The molecule has 0 aromatic carbocycles. The number of nitrogens with one attached hydrogen (secondary N) is 2. The fourth-order valence-electron chi connectivity index (χ4n) is 0.916. The van der Waals surface area contributed by atoms with Crippen molar-refractivity contribution in [3.63, 3.8) is 0 Å². The van der Waals surface area contributed by atoms with E-state index in [0.717, 1.165) is 10.8 Å². The summed E-state index contributed by atoms with van der Waals surface area (Å²) in [5, 5.41) is 8.32. The van der Waals surface area contributed by atoms with E-state index in [1.807, 2.05) is 5.38 Å². The maximum Gasteiger partial charge on any atom is 0.226 e. The number of nitrogens with zero attached hydrogens (tertiary/aromatic N) is 1. The maximum atomic E-state index is 11.3. The van der Waals surface area contributed by atoms with Gasteiger partial charge in [0.15, 0.2) is 5.13 Å². The minimum absolute atomic E-state index is 0.0298. The van der Waals surface area contributed by atoms with Crippen molar-refractivity contribution >= 4 is 22.4 Å². The molecule has 5 heteroatoms. The molecule has 0 atom stereocenters. The Morgan fingerprint density at radius 1 is 1.79 bits per heavy atom. The number of thiazole rings is 1. The van der Waals surface area contributed by atoms with Gasteiger partial charge in [0.1, 0.15) is 0 Å². The number of aromatic nitrogens is 1. The minimum atomic E-state index is -0.0298. The molecule has 0 aliphatic carbocycles. The number of rotatable bonds is 5. The molecule has 0 bridgehead atoms. The molecule has 76 valence electrons. The van der Waals surface area contributed by atoms with Crippen LogP contribution in [-0.4, -0.2) is 24.5 Å². The van der Waals surface area contributed by atoms with Crippen molar-refractivity contribution in [2.75, 3.05) is 18.9 Å². The normalized spacial score (nSPS) is 9.50. The molecule has 1 aromatic rings. The molecule has 0 spiro atoms. The minimum Gasteiger partial charge on any atom is -0.365 e. The fourth-order valence-corrected chi connectivity index (χ4v) is 1.59. The zero-order valence-corrected chi connectivity index (χ0v) is 8.86. The zero-order valence-electron chi connectivity index (χ0n) is 8.04. The second-order valence-electron chi connectivity index (χ2n) is 2.66. The van der Waals surface area contributed by atoms with Gasteiger partial charge in [0.2, 0.25) is 5.91 Å². The molecule has 0 unspecified atom stereocenters. The lowest BCUT2D eigenvalue weighted by Crippen LogP contribution is -2.25. The second kappa shape index (κ2) is 5.39. The first-order valence-electron chi connectivity index (χ1n) is 4.26. The van der Waals surface area contributed by atoms with Crippen LogP contribution in [0.15, 0.2) is 18.0 Å². The Morgan fingerprint density at radius 3 is 3.14 bits per heavy atom. The van der Waals surface area contributed by atoms with Crippen LogP contribution in [0, 0.1) is 0 Å². The van der Waals surface area contributed by atoms with Crippen molar-refractivity contribution in [2.24, 2.45) is 0 Å². The molecule has 1 heterocycles. The van der Waals surface area contributed by atoms with Gasteiger partial charge in [-0.15, -0.1) is 17.9 Å². The van der Waals surface area contributed by atoms with Crippen molar-refractivity contribution in [2.45, 2.75) is 6.42 Å². The molecule has 1 rings (SSSR count). The van der Waals surface area contributed by atoms with Gasteiger partial charge in [0.25, 0.3) is 0 Å². The van der Waals surface area contributed by atoms with Crippen LogP contribution >= 0.6 is 11.3 Å². The van der Waals surface area contributed by atoms with Crippen LogP contribution in [0.4, 0.5) is 5.13 Å². The van der Waals surface area contributed by atoms with E-state index in [0.29, 0.717) is 13.0 Å². The summed E-state index contributed by atoms with van der Waals surface area (Å²) in [6.45, 7) is 4.02. The second-order valence-corrected chi connectivity index (χ2v) is 3.52. The van der Waals surface area contributed by atoms with Crippen molar-refractivity contribution in [1.29, 1.82) is 0 Å². The van der Waals surface area contributed by atoms with Crippen LogP contribution in [0.5, 0.6) is 0 Å². The molecule has 1 aromatic heterocycles. The lowest BCUT2D eigenvalue weighted by Gasteiger charge is -1.98. The van der Waals surface area contributed by atoms with Crippen LogP contribution in [0.3, 0.4) is 0 Å². The number of anilines is 1. The van der Waals surface area contributed by atoms with Crippen LogP contribution in [0.2, 0.25) is 0 Å². The molecule has 0 saturated heterocycles. The predicted octanol–water partition coefficient (Wildman–Crippen LogP) is 1.03. The molecule has 4 nitrogen and oxygen atoms in total. The van der Waals surface area contributed by atoms with E-state index >= 15 is 0 Å². The third-order valence-electron chi connectivity index (χ3n) is 1.55. The van der Waals surface area contributed by atoms with E-state index in [4.69, 9.17) is 0 Å². The van der Waals surface area contributed by atoms with Crippen molar-refractivity contribution in [1.82, 2.24) is 10.3 Å². The van der Waals surface area contributed by atoms with Crippen molar-refractivity contribution < 1.29 is 4.79 Å². The molecule has 14 heavy (non-hydrogen) atoms. The quantitative estimate of drug-likeness (QED) is 0.715. The number of hydrogen-bond acceptors (Lipinski definition) is 4. The third kappa shape index (κ3) is 3.18. The van der Waals surface area contributed by atoms with Crippen LogP contribution < -0.4 is 10.6 Å². The summed E-state index contributed by atoms with van der Waals surface area (Å²) < 4.78 is 0. The highest BCUT2D eigenvalue weighted by molar-refractivity contribution is 7.13. The average Bonchev–Trinajstić information content (AvgIpc) is 2.62. The van der Waals surface area contributed by atoms with Gasteiger partial charge in [-0.25, -0.2) is 4.98 Å². The van der Waals surface area contributed by atoms with Gasteiger partial charge in [0, 0.05) is 19.0 Å². The predicted molar refractivity (Wildman–Crippen MR) is 58.6 cm³/mol. The lowest BCUT2D eigenvalue weighted by molar-refractivity contribution is -0.120. The monoisotopic (exact) mass is 211 g/mol. The van der Waals surface area contributed by atoms with Gasteiger partial charge in [-0.2, -0.15) is 0 Å². The first-order chi connectivity index (χ1) is 6.76. The van der Waals surface area contributed by atoms with E-state index < -0.39 is 0 Å². The Kier molecular flexibility index (Phi) is 4.12. The fraction of sp³-hybridized carbons (Fsp3) is 0.333. The summed E-state index contributed by atoms with van der Waals surface area (Å²) in [7, 11) is 1.81. The van der Waals surface area contributed by atoms with Crippen LogP contribution in [0.25, 0.3) is 0 Å². The Bertz CT molecular complexity index is 322. The van der Waals surface area contributed by atoms with Gasteiger partial charge in [0.05, 0.1) is 12.1 Å². The first kappa shape index (κ1) is 10.7. The number of amides is 1. The summed E-state index contributed by atoms with van der Waals surface area (Å²) in [5.74, 6) is -0.0298. The Morgan fingerprint density at radius 2 is 2.57 bits per heavy atom. The lowest BCUT2D eigenvalue weighted by atomic mass is 10.3. The molecular formula is C9H13N3OS. The molecule has 0 saturated carbocycles. The average molecular weight is 211 g/mol. The van der Waals surface area contributed by atoms with Crippen molar-refractivity contribution in [3.8, 4) is 0 Å². The van der Waals surface area contributed by atoms with Crippen LogP contribution in [0.1, 0.15) is 5.69 Å². The van der Waals surface area contributed by atoms with Gasteiger partial charge in [-0.05, 0) is 0 Å². The van der Waals surface area contributed by atoms with Gasteiger partial charge >= 0.3 is 0 Å². The summed E-state index contributed by atoms with van der Waals surface area (Å²) in [4.78, 5) is 15.5. The van der Waals surface area contributed by atoms with E-state index in [2.05, 4.69) is 22.2 Å². The summed E-state index contributed by atoms with van der Waals surface area (Å²) in [6.07, 6.45) is 1.98. The number of carbonyl (C=O) groups excluding carboxylic acids is 1. The summed E-state index contributed by atoms with van der Waals surface area (Å²) >= 11 is 1.49. The van der Waals surface area contributed by atoms with E-state index in [9.17, 15) is 4.79 Å². The molecule has 2 N–H and O–H groups in total. The Labute approximate surface area is 87.1 Å². The van der Waals surface area contributed by atoms with Crippen molar-refractivity contribution in [3.05, 3.63) is 23.7 Å². The number of hydrogen-bond donors (Lipinski definition) is 2. The highest BCUT2D eigenvalue weighted by atomic mass is 32.1. The SMILES string of the molecule is C=CCNC(=O)Cc1csc(NC)n1. The van der Waals surface area contributed by atoms with Crippen LogP contribution in [-0.2, 0) is 11.2 Å². The molecule has 1 amide bonds. The molecule has 0 fully saturated rings.